The summed E-state index contributed by atoms with van der Waals surface area (Å²) in [4.78, 5) is 21.7. The van der Waals surface area contributed by atoms with Crippen molar-refractivity contribution in [2.75, 3.05) is 18.0 Å². The molecular weight excluding hydrogens is 420 g/mol. The molecule has 5 heterocycles. The highest BCUT2D eigenvalue weighted by Gasteiger charge is 2.30. The first-order valence-electron chi connectivity index (χ1n) is 12.5. The monoisotopic (exact) mass is 454 g/mol. The number of anilines is 1. The van der Waals surface area contributed by atoms with Crippen molar-refractivity contribution >= 4 is 11.5 Å². The molecule has 1 aliphatic rings. The van der Waals surface area contributed by atoms with E-state index in [0.717, 1.165) is 66.7 Å². The minimum absolute atomic E-state index is 0.312. The lowest BCUT2D eigenvalue weighted by Gasteiger charge is -2.21. The number of hydrogen-bond acceptors (Lipinski definition) is 5. The van der Waals surface area contributed by atoms with E-state index >= 15 is 0 Å². The van der Waals surface area contributed by atoms with Gasteiger partial charge in [-0.15, -0.1) is 0 Å². The van der Waals surface area contributed by atoms with Crippen LogP contribution in [0.1, 0.15) is 68.5 Å². The predicted molar refractivity (Wildman–Crippen MR) is 136 cm³/mol. The fourth-order valence-corrected chi connectivity index (χ4v) is 4.73. The first-order chi connectivity index (χ1) is 16.5. The summed E-state index contributed by atoms with van der Waals surface area (Å²) in [5.41, 5.74) is 5.72. The number of hydrogen-bond donors (Lipinski definition) is 0. The van der Waals surface area contributed by atoms with Crippen LogP contribution < -0.4 is 4.90 Å². The summed E-state index contributed by atoms with van der Waals surface area (Å²) < 4.78 is 2.03. The van der Waals surface area contributed by atoms with Crippen LogP contribution in [-0.4, -0.2) is 37.4 Å². The average Bonchev–Trinajstić information content (AvgIpc) is 3.43. The van der Waals surface area contributed by atoms with E-state index in [0.29, 0.717) is 11.8 Å². The lowest BCUT2D eigenvalue weighted by atomic mass is 9.93. The minimum Gasteiger partial charge on any atom is -0.356 e. The van der Waals surface area contributed by atoms with Crippen LogP contribution in [0.2, 0.25) is 0 Å². The Morgan fingerprint density at radius 1 is 0.941 bits per heavy atom. The van der Waals surface area contributed by atoms with Gasteiger partial charge in [0.1, 0.15) is 17.3 Å². The first-order valence-corrected chi connectivity index (χ1v) is 12.5. The molecule has 4 aromatic heterocycles. The van der Waals surface area contributed by atoms with E-state index in [1.165, 1.54) is 18.4 Å². The van der Waals surface area contributed by atoms with Gasteiger partial charge < -0.3 is 9.30 Å². The van der Waals surface area contributed by atoms with Gasteiger partial charge in [0, 0.05) is 55.6 Å². The maximum absolute atomic E-state index is 5.01. The molecule has 0 bridgehead atoms. The molecule has 34 heavy (non-hydrogen) atoms. The number of unbranched alkanes of at least 4 members (excludes halogenated alkanes) is 1. The van der Waals surface area contributed by atoms with Gasteiger partial charge in [-0.3, -0.25) is 4.98 Å². The molecule has 1 saturated heterocycles. The second-order valence-corrected chi connectivity index (χ2v) is 10.3. The standard InChI is InChI=1S/C28H34N6/c1-4-5-7-22-8-6-9-23(30-22)18-25-31-24(16-21-10-13-33-15-12-29-26(33)17-21)19-27(32-25)34-14-11-28(2,3)20-34/h6,8-10,12-13,15,17,19H,4-5,7,11,14,16,18,20H2,1-3H3. The molecule has 0 radical (unpaired) electrons. The summed E-state index contributed by atoms with van der Waals surface area (Å²) >= 11 is 0. The SMILES string of the molecule is CCCCc1cccc(Cc2nc(Cc3ccn4ccnc4c3)cc(N3CCC(C)(C)C3)n2)n1. The van der Waals surface area contributed by atoms with E-state index in [9.17, 15) is 0 Å². The molecule has 0 saturated carbocycles. The Labute approximate surface area is 202 Å². The molecule has 6 heteroatoms. The zero-order valence-corrected chi connectivity index (χ0v) is 20.5. The number of aryl methyl sites for hydroxylation is 1. The number of rotatable bonds is 8. The van der Waals surface area contributed by atoms with Crippen LogP contribution in [0.5, 0.6) is 0 Å². The van der Waals surface area contributed by atoms with Crippen LogP contribution in [0.3, 0.4) is 0 Å². The highest BCUT2D eigenvalue weighted by atomic mass is 15.2. The quantitative estimate of drug-likeness (QED) is 0.362. The molecule has 0 N–H and O–H groups in total. The number of imidazole rings is 1. The summed E-state index contributed by atoms with van der Waals surface area (Å²) in [6.07, 6.45) is 11.8. The summed E-state index contributed by atoms with van der Waals surface area (Å²) in [7, 11) is 0. The van der Waals surface area contributed by atoms with Crippen molar-refractivity contribution in [1.82, 2.24) is 24.3 Å². The van der Waals surface area contributed by atoms with Gasteiger partial charge in [-0.25, -0.2) is 15.0 Å². The molecule has 1 fully saturated rings. The second-order valence-electron chi connectivity index (χ2n) is 10.3. The topological polar surface area (TPSA) is 59.2 Å². The van der Waals surface area contributed by atoms with Crippen LogP contribution in [0, 0.1) is 5.41 Å². The number of fused-ring (bicyclic) bond motifs is 1. The summed E-state index contributed by atoms with van der Waals surface area (Å²) in [5, 5.41) is 0. The Morgan fingerprint density at radius 3 is 2.65 bits per heavy atom. The maximum atomic E-state index is 5.01. The summed E-state index contributed by atoms with van der Waals surface area (Å²) in [5.74, 6) is 1.88. The Hall–Kier alpha value is -3.28. The minimum atomic E-state index is 0.312. The average molecular weight is 455 g/mol. The van der Waals surface area contributed by atoms with Crippen molar-refractivity contribution in [2.45, 2.75) is 59.3 Å². The lowest BCUT2D eigenvalue weighted by molar-refractivity contribution is 0.418. The predicted octanol–water partition coefficient (Wildman–Crippen LogP) is 5.28. The van der Waals surface area contributed by atoms with E-state index in [4.69, 9.17) is 15.0 Å². The van der Waals surface area contributed by atoms with Crippen molar-refractivity contribution in [1.29, 1.82) is 0 Å². The van der Waals surface area contributed by atoms with E-state index in [2.05, 4.69) is 73.3 Å². The van der Waals surface area contributed by atoms with Crippen LogP contribution in [-0.2, 0) is 19.3 Å². The smallest absolute Gasteiger partial charge is 0.136 e. The molecule has 176 valence electrons. The van der Waals surface area contributed by atoms with Crippen molar-refractivity contribution < 1.29 is 0 Å². The van der Waals surface area contributed by atoms with Gasteiger partial charge in [-0.05, 0) is 54.5 Å². The highest BCUT2D eigenvalue weighted by Crippen LogP contribution is 2.32. The van der Waals surface area contributed by atoms with Gasteiger partial charge in [0.15, 0.2) is 0 Å². The van der Waals surface area contributed by atoms with Crippen LogP contribution in [0.25, 0.3) is 5.65 Å². The molecular formula is C28H34N6. The van der Waals surface area contributed by atoms with Crippen molar-refractivity contribution in [3.8, 4) is 0 Å². The molecule has 1 aliphatic heterocycles. The van der Waals surface area contributed by atoms with Crippen molar-refractivity contribution in [3.63, 3.8) is 0 Å². The van der Waals surface area contributed by atoms with Gasteiger partial charge >= 0.3 is 0 Å². The molecule has 0 amide bonds. The van der Waals surface area contributed by atoms with Gasteiger partial charge in [0.05, 0.1) is 12.1 Å². The second kappa shape index (κ2) is 9.53. The first kappa shape index (κ1) is 22.5. The normalized spacial score (nSPS) is 15.3. The zero-order chi connectivity index (χ0) is 23.5. The van der Waals surface area contributed by atoms with Crippen LogP contribution in [0.4, 0.5) is 5.82 Å². The third-order valence-corrected chi connectivity index (χ3v) is 6.65. The highest BCUT2D eigenvalue weighted by molar-refractivity contribution is 5.45. The summed E-state index contributed by atoms with van der Waals surface area (Å²) in [6.45, 7) is 8.94. The maximum Gasteiger partial charge on any atom is 0.136 e. The molecule has 0 aliphatic carbocycles. The van der Waals surface area contributed by atoms with Crippen molar-refractivity contribution in [2.24, 2.45) is 5.41 Å². The van der Waals surface area contributed by atoms with Crippen molar-refractivity contribution in [3.05, 3.63) is 83.5 Å². The number of pyridine rings is 2. The molecule has 4 aromatic rings. The Bertz CT molecular complexity index is 1270. The molecule has 0 spiro atoms. The van der Waals surface area contributed by atoms with Crippen LogP contribution >= 0.6 is 0 Å². The molecule has 6 nitrogen and oxygen atoms in total. The van der Waals surface area contributed by atoms with Gasteiger partial charge in [0.2, 0.25) is 0 Å². The third-order valence-electron chi connectivity index (χ3n) is 6.65. The van der Waals surface area contributed by atoms with Gasteiger partial charge in [-0.2, -0.15) is 0 Å². The van der Waals surface area contributed by atoms with E-state index in [1.807, 2.05) is 16.8 Å². The lowest BCUT2D eigenvalue weighted by Crippen LogP contribution is -2.24. The number of aromatic nitrogens is 5. The van der Waals surface area contributed by atoms with E-state index in [-0.39, 0.29) is 0 Å². The Morgan fingerprint density at radius 2 is 1.82 bits per heavy atom. The van der Waals surface area contributed by atoms with E-state index < -0.39 is 0 Å². The van der Waals surface area contributed by atoms with Crippen LogP contribution in [0.15, 0.2) is 55.0 Å². The fourth-order valence-electron chi connectivity index (χ4n) is 4.73. The van der Waals surface area contributed by atoms with E-state index in [1.54, 1.807) is 0 Å². The molecule has 0 unspecified atom stereocenters. The van der Waals surface area contributed by atoms with Gasteiger partial charge in [-0.1, -0.05) is 33.3 Å². The Balaban J connectivity index is 1.44. The molecule has 0 aromatic carbocycles. The largest absolute Gasteiger partial charge is 0.356 e. The zero-order valence-electron chi connectivity index (χ0n) is 20.5. The Kier molecular flexibility index (Phi) is 6.31. The molecule has 5 rings (SSSR count). The fraction of sp³-hybridized carbons (Fsp3) is 0.429. The summed E-state index contributed by atoms with van der Waals surface area (Å²) in [6, 6.07) is 12.8. The number of nitrogens with zero attached hydrogens (tertiary/aromatic N) is 6. The molecule has 0 atom stereocenters. The van der Waals surface area contributed by atoms with Gasteiger partial charge in [0.25, 0.3) is 0 Å². The third kappa shape index (κ3) is 5.27.